The molecule has 0 N–H and O–H groups in total. The maximum Gasteiger partial charge on any atom is 0.160 e. The van der Waals surface area contributed by atoms with Gasteiger partial charge in [-0.15, -0.1) is 0 Å². The maximum atomic E-state index is 6.65. The van der Waals surface area contributed by atoms with Gasteiger partial charge in [0.15, 0.2) is 11.4 Å². The standard InChI is InChI=1S/C46H27N3O2/c1-3-12-28(13-4-1)36-27-37(29-14-5-2-6-15-29)48-46(47-36)30-22-23-35-42(26-30)50-41-21-11-19-39(43(35)41)49-38-18-9-7-16-31(38)33-24-25-34-32-17-8-10-20-40(32)51-45(34)44(33)49/h1-27H. The van der Waals surface area contributed by atoms with Crippen LogP contribution in [-0.2, 0) is 0 Å². The van der Waals surface area contributed by atoms with E-state index in [0.29, 0.717) is 5.82 Å². The van der Waals surface area contributed by atoms with Gasteiger partial charge >= 0.3 is 0 Å². The fourth-order valence-corrected chi connectivity index (χ4v) is 7.70. The van der Waals surface area contributed by atoms with Gasteiger partial charge < -0.3 is 13.4 Å². The van der Waals surface area contributed by atoms with E-state index in [2.05, 4.69) is 114 Å². The Bertz CT molecular complexity index is 3080. The number of hydrogen-bond acceptors (Lipinski definition) is 4. The summed E-state index contributed by atoms with van der Waals surface area (Å²) < 4.78 is 15.6. The van der Waals surface area contributed by atoms with Gasteiger partial charge in [-0.2, -0.15) is 0 Å². The summed E-state index contributed by atoms with van der Waals surface area (Å²) in [5.41, 5.74) is 11.2. The second kappa shape index (κ2) is 10.8. The molecule has 0 saturated carbocycles. The quantitative estimate of drug-likeness (QED) is 0.190. The Labute approximate surface area is 291 Å². The van der Waals surface area contributed by atoms with Crippen molar-refractivity contribution in [3.05, 3.63) is 164 Å². The number of hydrogen-bond donors (Lipinski definition) is 0. The Kier molecular flexibility index (Phi) is 5.89. The number of nitrogens with zero attached hydrogens (tertiary/aromatic N) is 3. The van der Waals surface area contributed by atoms with Crippen molar-refractivity contribution in [2.75, 3.05) is 0 Å². The predicted octanol–water partition coefficient (Wildman–Crippen LogP) is 12.4. The van der Waals surface area contributed by atoms with Gasteiger partial charge in [-0.05, 0) is 48.5 Å². The van der Waals surface area contributed by atoms with E-state index in [4.69, 9.17) is 18.8 Å². The molecule has 0 aliphatic heterocycles. The monoisotopic (exact) mass is 653 g/mol. The van der Waals surface area contributed by atoms with Crippen LogP contribution in [0.5, 0.6) is 0 Å². The van der Waals surface area contributed by atoms with E-state index < -0.39 is 0 Å². The molecule has 7 aromatic carbocycles. The van der Waals surface area contributed by atoms with Crippen LogP contribution in [0, 0.1) is 0 Å². The topological polar surface area (TPSA) is 57.0 Å². The minimum atomic E-state index is 0.646. The van der Waals surface area contributed by atoms with Crippen LogP contribution in [0.3, 0.4) is 0 Å². The summed E-state index contributed by atoms with van der Waals surface area (Å²) in [6.07, 6.45) is 0. The minimum Gasteiger partial charge on any atom is -0.456 e. The molecule has 11 aromatic rings. The van der Waals surface area contributed by atoms with Gasteiger partial charge in [-0.1, -0.05) is 115 Å². The van der Waals surface area contributed by atoms with Gasteiger partial charge in [0, 0.05) is 43.6 Å². The molecular formula is C46H27N3O2. The first kappa shape index (κ1) is 27.9. The van der Waals surface area contributed by atoms with E-state index in [-0.39, 0.29) is 0 Å². The van der Waals surface area contributed by atoms with Crippen LogP contribution in [-0.4, -0.2) is 14.5 Å². The number of aromatic nitrogens is 3. The normalized spacial score (nSPS) is 11.9. The Morgan fingerprint density at radius 1 is 0.412 bits per heavy atom. The highest BCUT2D eigenvalue weighted by molar-refractivity contribution is 6.22. The second-order valence-electron chi connectivity index (χ2n) is 12.9. The molecule has 51 heavy (non-hydrogen) atoms. The van der Waals surface area contributed by atoms with Gasteiger partial charge in [0.1, 0.15) is 16.7 Å². The van der Waals surface area contributed by atoms with Gasteiger partial charge in [-0.25, -0.2) is 9.97 Å². The van der Waals surface area contributed by atoms with Crippen LogP contribution in [0.15, 0.2) is 173 Å². The molecule has 0 aliphatic rings. The molecule has 0 spiro atoms. The third-order valence-corrected chi connectivity index (χ3v) is 10.0. The fraction of sp³-hybridized carbons (Fsp3) is 0. The van der Waals surface area contributed by atoms with Crippen molar-refractivity contribution in [1.29, 1.82) is 0 Å². The zero-order chi connectivity index (χ0) is 33.5. The zero-order valence-electron chi connectivity index (χ0n) is 27.2. The lowest BCUT2D eigenvalue weighted by Crippen LogP contribution is -1.96. The van der Waals surface area contributed by atoms with Crippen LogP contribution >= 0.6 is 0 Å². The summed E-state index contributed by atoms with van der Waals surface area (Å²) in [6, 6.07) is 56.4. The number of furan rings is 2. The number of fused-ring (bicyclic) bond motifs is 10. The molecule has 5 heteroatoms. The molecule has 5 nitrogen and oxygen atoms in total. The summed E-state index contributed by atoms with van der Waals surface area (Å²) in [5, 5.41) is 6.59. The van der Waals surface area contributed by atoms with Crippen molar-refractivity contribution >= 4 is 65.7 Å². The van der Waals surface area contributed by atoms with Crippen molar-refractivity contribution in [3.8, 4) is 39.6 Å². The van der Waals surface area contributed by atoms with Crippen LogP contribution in [0.25, 0.3) is 105 Å². The zero-order valence-corrected chi connectivity index (χ0v) is 27.2. The lowest BCUT2D eigenvalue weighted by molar-refractivity contribution is 0.668. The van der Waals surface area contributed by atoms with Crippen molar-refractivity contribution in [3.63, 3.8) is 0 Å². The third kappa shape index (κ3) is 4.22. The molecule has 0 radical (unpaired) electrons. The summed E-state index contributed by atoms with van der Waals surface area (Å²) in [7, 11) is 0. The molecule has 0 atom stereocenters. The third-order valence-electron chi connectivity index (χ3n) is 10.0. The van der Waals surface area contributed by atoms with E-state index in [9.17, 15) is 0 Å². The molecule has 0 fully saturated rings. The Morgan fingerprint density at radius 2 is 1.06 bits per heavy atom. The lowest BCUT2D eigenvalue weighted by Gasteiger charge is -2.10. The van der Waals surface area contributed by atoms with E-state index in [0.717, 1.165) is 94.1 Å². The molecule has 0 saturated heterocycles. The van der Waals surface area contributed by atoms with Crippen LogP contribution in [0.2, 0.25) is 0 Å². The van der Waals surface area contributed by atoms with E-state index in [1.165, 1.54) is 5.39 Å². The van der Waals surface area contributed by atoms with Crippen molar-refractivity contribution in [2.24, 2.45) is 0 Å². The van der Waals surface area contributed by atoms with Gasteiger partial charge in [0.25, 0.3) is 0 Å². The molecule has 4 heterocycles. The molecule has 11 rings (SSSR count). The lowest BCUT2D eigenvalue weighted by atomic mass is 10.1. The molecule has 0 amide bonds. The summed E-state index contributed by atoms with van der Waals surface area (Å²) in [4.78, 5) is 10.1. The number of rotatable bonds is 4. The summed E-state index contributed by atoms with van der Waals surface area (Å²) in [5.74, 6) is 0.646. The Morgan fingerprint density at radius 3 is 1.84 bits per heavy atom. The van der Waals surface area contributed by atoms with Crippen LogP contribution < -0.4 is 0 Å². The van der Waals surface area contributed by atoms with E-state index in [1.807, 2.05) is 54.6 Å². The van der Waals surface area contributed by atoms with Gasteiger partial charge in [0.2, 0.25) is 0 Å². The molecular weight excluding hydrogens is 627 g/mol. The molecule has 4 aromatic heterocycles. The first-order valence-corrected chi connectivity index (χ1v) is 17.1. The first-order valence-electron chi connectivity index (χ1n) is 17.1. The predicted molar refractivity (Wildman–Crippen MR) is 207 cm³/mol. The van der Waals surface area contributed by atoms with Crippen molar-refractivity contribution < 1.29 is 8.83 Å². The summed E-state index contributed by atoms with van der Waals surface area (Å²) in [6.45, 7) is 0. The van der Waals surface area contributed by atoms with Crippen molar-refractivity contribution in [2.45, 2.75) is 0 Å². The average Bonchev–Trinajstić information content (AvgIpc) is 3.88. The highest BCUT2D eigenvalue weighted by Gasteiger charge is 2.22. The summed E-state index contributed by atoms with van der Waals surface area (Å²) >= 11 is 0. The molecule has 0 aliphatic carbocycles. The smallest absolute Gasteiger partial charge is 0.160 e. The second-order valence-corrected chi connectivity index (χ2v) is 12.9. The highest BCUT2D eigenvalue weighted by Crippen LogP contribution is 2.43. The maximum absolute atomic E-state index is 6.65. The highest BCUT2D eigenvalue weighted by atomic mass is 16.3. The van der Waals surface area contributed by atoms with Crippen LogP contribution in [0.1, 0.15) is 0 Å². The SMILES string of the molecule is c1ccc(-c2cc(-c3ccccc3)nc(-c3ccc4c(c3)oc3cccc(-n5c6ccccc6c6ccc7c8ccccc8oc7c65)c34)n2)cc1. The molecule has 0 unspecified atom stereocenters. The number of benzene rings is 7. The fourth-order valence-electron chi connectivity index (χ4n) is 7.70. The average molecular weight is 654 g/mol. The first-order chi connectivity index (χ1) is 25.3. The Balaban J connectivity index is 1.15. The molecule has 238 valence electrons. The molecule has 0 bridgehead atoms. The number of para-hydroxylation sites is 2. The van der Waals surface area contributed by atoms with E-state index >= 15 is 0 Å². The Hall–Kier alpha value is -6.98. The largest absolute Gasteiger partial charge is 0.456 e. The van der Waals surface area contributed by atoms with Gasteiger partial charge in [0.05, 0.1) is 33.5 Å². The van der Waals surface area contributed by atoms with Crippen LogP contribution in [0.4, 0.5) is 0 Å². The van der Waals surface area contributed by atoms with Gasteiger partial charge in [-0.3, -0.25) is 0 Å². The van der Waals surface area contributed by atoms with Crippen molar-refractivity contribution in [1.82, 2.24) is 14.5 Å². The minimum absolute atomic E-state index is 0.646. The van der Waals surface area contributed by atoms with E-state index in [1.54, 1.807) is 0 Å².